The number of nitrogens with one attached hydrogen (secondary N) is 1. The van der Waals surface area contributed by atoms with Crippen molar-refractivity contribution in [1.82, 2.24) is 19.8 Å². The lowest BCUT2D eigenvalue weighted by Gasteiger charge is -2.26. The number of hydrogen-bond donors (Lipinski definition) is 1. The SMILES string of the molecule is CN(Cc1ccccc1)C(=O)c1cc(NCCN2CCOCC2)ncn1. The molecule has 1 fully saturated rings. The summed E-state index contributed by atoms with van der Waals surface area (Å²) < 4.78 is 5.35. The highest BCUT2D eigenvalue weighted by atomic mass is 16.5. The van der Waals surface area contributed by atoms with Crippen LogP contribution in [0.1, 0.15) is 16.1 Å². The smallest absolute Gasteiger partial charge is 0.272 e. The molecule has 0 radical (unpaired) electrons. The average Bonchev–Trinajstić information content (AvgIpc) is 2.69. The lowest BCUT2D eigenvalue weighted by Crippen LogP contribution is -2.39. The Hall–Kier alpha value is -2.51. The minimum absolute atomic E-state index is 0.118. The van der Waals surface area contributed by atoms with Crippen molar-refractivity contribution < 1.29 is 9.53 Å². The van der Waals surface area contributed by atoms with Gasteiger partial charge in [0.25, 0.3) is 5.91 Å². The summed E-state index contributed by atoms with van der Waals surface area (Å²) in [7, 11) is 1.78. The van der Waals surface area contributed by atoms with Gasteiger partial charge in [-0.1, -0.05) is 30.3 Å². The Morgan fingerprint density at radius 1 is 1.23 bits per heavy atom. The van der Waals surface area contributed by atoms with Crippen molar-refractivity contribution in [2.75, 3.05) is 51.8 Å². The quantitative estimate of drug-likeness (QED) is 0.812. The number of hydrogen-bond acceptors (Lipinski definition) is 6. The van der Waals surface area contributed by atoms with E-state index in [0.717, 1.165) is 45.0 Å². The highest BCUT2D eigenvalue weighted by Gasteiger charge is 2.15. The fourth-order valence-electron chi connectivity index (χ4n) is 2.86. The fourth-order valence-corrected chi connectivity index (χ4v) is 2.86. The number of nitrogens with zero attached hydrogens (tertiary/aromatic N) is 4. The van der Waals surface area contributed by atoms with Crippen molar-refractivity contribution in [3.63, 3.8) is 0 Å². The summed E-state index contributed by atoms with van der Waals surface area (Å²) in [5.41, 5.74) is 1.48. The van der Waals surface area contributed by atoms with Crippen LogP contribution in [0.4, 0.5) is 5.82 Å². The first kappa shape index (κ1) is 18.3. The Morgan fingerprint density at radius 2 is 2.00 bits per heavy atom. The van der Waals surface area contributed by atoms with E-state index in [1.807, 2.05) is 30.3 Å². The van der Waals surface area contributed by atoms with Crippen LogP contribution < -0.4 is 5.32 Å². The molecule has 0 saturated carbocycles. The largest absolute Gasteiger partial charge is 0.379 e. The van der Waals surface area contributed by atoms with Crippen LogP contribution in [-0.2, 0) is 11.3 Å². The summed E-state index contributed by atoms with van der Waals surface area (Å²) in [6.45, 7) is 5.73. The molecule has 1 saturated heterocycles. The molecule has 138 valence electrons. The van der Waals surface area contributed by atoms with Crippen LogP contribution in [0.3, 0.4) is 0 Å². The molecular formula is C19H25N5O2. The van der Waals surface area contributed by atoms with E-state index < -0.39 is 0 Å². The molecular weight excluding hydrogens is 330 g/mol. The number of amides is 1. The minimum atomic E-state index is -0.118. The molecule has 0 aliphatic carbocycles. The maximum atomic E-state index is 12.6. The van der Waals surface area contributed by atoms with Crippen molar-refractivity contribution in [1.29, 1.82) is 0 Å². The van der Waals surface area contributed by atoms with E-state index in [0.29, 0.717) is 18.1 Å². The van der Waals surface area contributed by atoms with E-state index in [2.05, 4.69) is 20.2 Å². The Balaban J connectivity index is 1.53. The van der Waals surface area contributed by atoms with Crippen molar-refractivity contribution in [3.05, 3.63) is 54.0 Å². The van der Waals surface area contributed by atoms with Gasteiger partial charge < -0.3 is 15.0 Å². The zero-order chi connectivity index (χ0) is 18.2. The van der Waals surface area contributed by atoms with Crippen LogP contribution in [0.25, 0.3) is 0 Å². The standard InChI is InChI=1S/C19H25N5O2/c1-23(14-16-5-3-2-4-6-16)19(25)17-13-18(22-15-21-17)20-7-8-24-9-11-26-12-10-24/h2-6,13,15H,7-12,14H2,1H3,(H,20,21,22). The molecule has 7 heteroatoms. The zero-order valence-electron chi connectivity index (χ0n) is 15.1. The summed E-state index contributed by atoms with van der Waals surface area (Å²) in [5.74, 6) is 0.553. The molecule has 26 heavy (non-hydrogen) atoms. The summed E-state index contributed by atoms with van der Waals surface area (Å²) in [6, 6.07) is 11.6. The molecule has 1 aromatic heterocycles. The average molecular weight is 355 g/mol. The van der Waals surface area contributed by atoms with Crippen LogP contribution >= 0.6 is 0 Å². The number of carbonyl (C=O) groups excluding carboxylic acids is 1. The van der Waals surface area contributed by atoms with Crippen LogP contribution in [0.15, 0.2) is 42.7 Å². The summed E-state index contributed by atoms with van der Waals surface area (Å²) in [6.07, 6.45) is 1.43. The highest BCUT2D eigenvalue weighted by molar-refractivity contribution is 5.92. The maximum absolute atomic E-state index is 12.6. The molecule has 1 amide bonds. The van der Waals surface area contributed by atoms with E-state index in [1.54, 1.807) is 18.0 Å². The Labute approximate surface area is 154 Å². The second-order valence-corrected chi connectivity index (χ2v) is 6.32. The predicted octanol–water partition coefficient (Wildman–Crippen LogP) is 1.49. The Kier molecular flexibility index (Phi) is 6.51. The second-order valence-electron chi connectivity index (χ2n) is 6.32. The number of ether oxygens (including phenoxy) is 1. The molecule has 0 spiro atoms. The summed E-state index contributed by atoms with van der Waals surface area (Å²) in [5, 5.41) is 3.27. The van der Waals surface area contributed by atoms with Gasteiger partial charge in [0.2, 0.25) is 0 Å². The summed E-state index contributed by atoms with van der Waals surface area (Å²) in [4.78, 5) is 25.0. The van der Waals surface area contributed by atoms with Crippen LogP contribution in [0.2, 0.25) is 0 Å². The first-order chi connectivity index (χ1) is 12.7. The van der Waals surface area contributed by atoms with Crippen molar-refractivity contribution >= 4 is 11.7 Å². The fraction of sp³-hybridized carbons (Fsp3) is 0.421. The second kappa shape index (κ2) is 9.26. The molecule has 3 rings (SSSR count). The normalized spacial score (nSPS) is 14.8. The van der Waals surface area contributed by atoms with Gasteiger partial charge >= 0.3 is 0 Å². The first-order valence-electron chi connectivity index (χ1n) is 8.88. The third-order valence-corrected chi connectivity index (χ3v) is 4.33. The molecule has 0 unspecified atom stereocenters. The molecule has 1 aromatic carbocycles. The monoisotopic (exact) mass is 355 g/mol. The molecule has 1 N–H and O–H groups in total. The van der Waals surface area contributed by atoms with Gasteiger partial charge in [0, 0.05) is 45.8 Å². The van der Waals surface area contributed by atoms with Crippen LogP contribution in [0, 0.1) is 0 Å². The van der Waals surface area contributed by atoms with E-state index in [-0.39, 0.29) is 5.91 Å². The lowest BCUT2D eigenvalue weighted by molar-refractivity contribution is 0.0398. The number of morpholine rings is 1. The molecule has 1 aliphatic rings. The van der Waals surface area contributed by atoms with Crippen molar-refractivity contribution in [2.45, 2.75) is 6.54 Å². The molecule has 2 aromatic rings. The Bertz CT molecular complexity index is 704. The van der Waals surface area contributed by atoms with E-state index in [1.165, 1.54) is 6.33 Å². The van der Waals surface area contributed by atoms with Crippen LogP contribution in [0.5, 0.6) is 0 Å². The first-order valence-corrected chi connectivity index (χ1v) is 8.88. The van der Waals surface area contributed by atoms with Gasteiger partial charge in [-0.3, -0.25) is 9.69 Å². The topological polar surface area (TPSA) is 70.6 Å². The van der Waals surface area contributed by atoms with E-state index in [4.69, 9.17) is 4.74 Å². The molecule has 7 nitrogen and oxygen atoms in total. The minimum Gasteiger partial charge on any atom is -0.379 e. The molecule has 0 atom stereocenters. The molecule has 1 aliphatic heterocycles. The number of carbonyl (C=O) groups is 1. The van der Waals surface area contributed by atoms with Gasteiger partial charge in [0.05, 0.1) is 13.2 Å². The zero-order valence-corrected chi connectivity index (χ0v) is 15.1. The van der Waals surface area contributed by atoms with Gasteiger partial charge in [0.15, 0.2) is 0 Å². The predicted molar refractivity (Wildman–Crippen MR) is 100 cm³/mol. The number of benzene rings is 1. The van der Waals surface area contributed by atoms with Crippen molar-refractivity contribution in [2.24, 2.45) is 0 Å². The van der Waals surface area contributed by atoms with Gasteiger partial charge in [-0.05, 0) is 5.56 Å². The van der Waals surface area contributed by atoms with Crippen LogP contribution in [-0.4, -0.2) is 72.1 Å². The Morgan fingerprint density at radius 3 is 2.77 bits per heavy atom. The van der Waals surface area contributed by atoms with E-state index >= 15 is 0 Å². The summed E-state index contributed by atoms with van der Waals surface area (Å²) >= 11 is 0. The molecule has 0 bridgehead atoms. The van der Waals surface area contributed by atoms with E-state index in [9.17, 15) is 4.79 Å². The van der Waals surface area contributed by atoms with Gasteiger partial charge in [0.1, 0.15) is 17.8 Å². The third-order valence-electron chi connectivity index (χ3n) is 4.33. The van der Waals surface area contributed by atoms with Gasteiger partial charge in [-0.25, -0.2) is 9.97 Å². The number of rotatable bonds is 7. The highest BCUT2D eigenvalue weighted by Crippen LogP contribution is 2.09. The van der Waals surface area contributed by atoms with Gasteiger partial charge in [-0.2, -0.15) is 0 Å². The van der Waals surface area contributed by atoms with Crippen molar-refractivity contribution in [3.8, 4) is 0 Å². The maximum Gasteiger partial charge on any atom is 0.272 e. The third kappa shape index (κ3) is 5.24. The lowest BCUT2D eigenvalue weighted by atomic mass is 10.2. The van der Waals surface area contributed by atoms with Gasteiger partial charge in [-0.15, -0.1) is 0 Å². The molecule has 2 heterocycles. The number of anilines is 1. The number of aromatic nitrogens is 2.